The maximum Gasteiger partial charge on any atom is 0.364 e. The van der Waals surface area contributed by atoms with Crippen LogP contribution in [0.25, 0.3) is 0 Å². The molecular formula is C6H11O3P. The van der Waals surface area contributed by atoms with Gasteiger partial charge in [0, 0.05) is 0 Å². The lowest BCUT2D eigenvalue weighted by molar-refractivity contribution is 0.352. The molecule has 0 saturated carbocycles. The van der Waals surface area contributed by atoms with Gasteiger partial charge in [-0.2, -0.15) is 0 Å². The van der Waals surface area contributed by atoms with Crippen molar-refractivity contribution in [1.29, 1.82) is 0 Å². The first kappa shape index (κ1) is 9.47. The minimum Gasteiger partial charge on any atom is -0.431 e. The summed E-state index contributed by atoms with van der Waals surface area (Å²) < 4.78 is 14.5. The van der Waals surface area contributed by atoms with Crippen LogP contribution in [-0.4, -0.2) is 4.89 Å². The lowest BCUT2D eigenvalue weighted by Crippen LogP contribution is -1.76. The summed E-state index contributed by atoms with van der Waals surface area (Å²) in [6.07, 6.45) is 1.60. The molecule has 4 heteroatoms. The van der Waals surface area contributed by atoms with Gasteiger partial charge in [0.25, 0.3) is 0 Å². The summed E-state index contributed by atoms with van der Waals surface area (Å²) in [4.78, 5) is 8.29. The van der Waals surface area contributed by atoms with Crippen LogP contribution in [0.1, 0.15) is 13.8 Å². The van der Waals surface area contributed by atoms with E-state index >= 15 is 0 Å². The summed E-state index contributed by atoms with van der Waals surface area (Å²) in [6.45, 7) is 6.96. The molecule has 3 nitrogen and oxygen atoms in total. The van der Waals surface area contributed by atoms with E-state index in [0.29, 0.717) is 5.76 Å². The van der Waals surface area contributed by atoms with E-state index in [-0.39, 0.29) is 0 Å². The Balaban J connectivity index is 3.95. The van der Waals surface area contributed by atoms with Crippen LogP contribution in [-0.2, 0) is 9.09 Å². The summed E-state index contributed by atoms with van der Waals surface area (Å²) in [5, 5.41) is 0. The predicted molar refractivity (Wildman–Crippen MR) is 40.9 cm³/mol. The van der Waals surface area contributed by atoms with Crippen LogP contribution in [0, 0.1) is 0 Å². The van der Waals surface area contributed by atoms with Crippen molar-refractivity contribution in [2.75, 3.05) is 0 Å². The molecule has 1 atom stereocenters. The Morgan fingerprint density at radius 1 is 1.70 bits per heavy atom. The van der Waals surface area contributed by atoms with Crippen LogP contribution >= 0.6 is 8.25 Å². The van der Waals surface area contributed by atoms with Gasteiger partial charge >= 0.3 is 8.25 Å². The molecule has 0 radical (unpaired) electrons. The molecule has 0 heterocycles. The Bertz CT molecular complexity index is 183. The zero-order valence-electron chi connectivity index (χ0n) is 6.05. The summed E-state index contributed by atoms with van der Waals surface area (Å²) in [5.41, 5.74) is 0.792. The first-order chi connectivity index (χ1) is 4.52. The lowest BCUT2D eigenvalue weighted by atomic mass is 10.3. The molecule has 0 aliphatic carbocycles. The van der Waals surface area contributed by atoms with E-state index < -0.39 is 8.25 Å². The van der Waals surface area contributed by atoms with Crippen molar-refractivity contribution in [1.82, 2.24) is 0 Å². The second-order valence-corrected chi connectivity index (χ2v) is 2.71. The molecule has 10 heavy (non-hydrogen) atoms. The highest BCUT2D eigenvalue weighted by atomic mass is 31.1. The van der Waals surface area contributed by atoms with Crippen LogP contribution < -0.4 is 0 Å². The zero-order valence-corrected chi connectivity index (χ0v) is 7.05. The second-order valence-electron chi connectivity index (χ2n) is 1.97. The quantitative estimate of drug-likeness (QED) is 0.391. The van der Waals surface area contributed by atoms with Gasteiger partial charge in [-0.25, -0.2) is 4.57 Å². The van der Waals surface area contributed by atoms with Crippen molar-refractivity contribution in [3.05, 3.63) is 24.0 Å². The van der Waals surface area contributed by atoms with Gasteiger partial charge in [0.15, 0.2) is 0 Å². The highest BCUT2D eigenvalue weighted by molar-refractivity contribution is 7.32. The van der Waals surface area contributed by atoms with E-state index in [4.69, 9.17) is 4.89 Å². The molecule has 0 aliphatic rings. The predicted octanol–water partition coefficient (Wildman–Crippen LogP) is 1.86. The van der Waals surface area contributed by atoms with E-state index in [2.05, 4.69) is 11.1 Å². The summed E-state index contributed by atoms with van der Waals surface area (Å²) in [6, 6.07) is 0. The number of allylic oxidation sites excluding steroid dienone is 3. The Morgan fingerprint density at radius 2 is 2.20 bits per heavy atom. The smallest absolute Gasteiger partial charge is 0.364 e. The maximum absolute atomic E-state index is 10.1. The van der Waals surface area contributed by atoms with Crippen LogP contribution in [0.2, 0.25) is 0 Å². The first-order valence-corrected chi connectivity index (χ1v) is 4.03. The molecule has 0 aromatic rings. The first-order valence-electron chi connectivity index (χ1n) is 2.77. The van der Waals surface area contributed by atoms with Gasteiger partial charge in [-0.05, 0) is 19.9 Å². The minimum atomic E-state index is -2.84. The number of hydrogen-bond donors (Lipinski definition) is 1. The normalized spacial score (nSPS) is 14.5. The van der Waals surface area contributed by atoms with E-state index in [9.17, 15) is 4.57 Å². The molecule has 0 bridgehead atoms. The van der Waals surface area contributed by atoms with Gasteiger partial charge in [0.05, 0.1) is 0 Å². The fraction of sp³-hybridized carbons (Fsp3) is 0.333. The van der Waals surface area contributed by atoms with Crippen molar-refractivity contribution in [3.63, 3.8) is 0 Å². The molecule has 0 amide bonds. The number of hydrogen-bond acceptors (Lipinski definition) is 2. The number of rotatable bonds is 3. The standard InChI is InChI=1S/C6H11O3P/c1-5(2)4-6(3)9-10(7)8/h4,10H,1H2,2-3H3,(H,7,8)/b6-4+. The Labute approximate surface area is 61.0 Å². The largest absolute Gasteiger partial charge is 0.431 e. The van der Waals surface area contributed by atoms with Gasteiger partial charge in [-0.3, -0.25) is 0 Å². The fourth-order valence-corrected chi connectivity index (χ4v) is 0.849. The highest BCUT2D eigenvalue weighted by Gasteiger charge is 1.92. The van der Waals surface area contributed by atoms with E-state index in [0.717, 1.165) is 5.57 Å². The van der Waals surface area contributed by atoms with Crippen LogP contribution in [0.3, 0.4) is 0 Å². The maximum atomic E-state index is 10.1. The van der Waals surface area contributed by atoms with Crippen molar-refractivity contribution in [3.8, 4) is 0 Å². The molecule has 0 spiro atoms. The van der Waals surface area contributed by atoms with Crippen molar-refractivity contribution in [2.24, 2.45) is 0 Å². The zero-order chi connectivity index (χ0) is 8.15. The fourth-order valence-electron chi connectivity index (χ4n) is 0.514. The Kier molecular flexibility index (Phi) is 4.08. The third-order valence-electron chi connectivity index (χ3n) is 0.698. The Hall–Kier alpha value is -0.530. The minimum absolute atomic E-state index is 0.416. The molecule has 0 aromatic heterocycles. The van der Waals surface area contributed by atoms with Crippen molar-refractivity contribution < 1.29 is 14.0 Å². The van der Waals surface area contributed by atoms with Crippen LogP contribution in [0.15, 0.2) is 24.0 Å². The average Bonchev–Trinajstić information content (AvgIpc) is 1.58. The molecule has 1 N–H and O–H groups in total. The third-order valence-corrected chi connectivity index (χ3v) is 1.19. The van der Waals surface area contributed by atoms with E-state index in [1.54, 1.807) is 19.9 Å². The van der Waals surface area contributed by atoms with Gasteiger partial charge in [-0.1, -0.05) is 12.2 Å². The molecule has 58 valence electrons. The second kappa shape index (κ2) is 4.31. The molecule has 0 aliphatic heterocycles. The van der Waals surface area contributed by atoms with Crippen molar-refractivity contribution >= 4 is 8.25 Å². The summed E-state index contributed by atoms with van der Waals surface area (Å²) >= 11 is 0. The molecule has 0 saturated heterocycles. The van der Waals surface area contributed by atoms with Crippen LogP contribution in [0.4, 0.5) is 0 Å². The van der Waals surface area contributed by atoms with E-state index in [1.165, 1.54) is 0 Å². The molecule has 0 fully saturated rings. The Morgan fingerprint density at radius 3 is 2.50 bits per heavy atom. The third kappa shape index (κ3) is 5.60. The van der Waals surface area contributed by atoms with E-state index in [1.807, 2.05) is 0 Å². The van der Waals surface area contributed by atoms with Gasteiger partial charge in [0.2, 0.25) is 0 Å². The molecule has 1 unspecified atom stereocenters. The molecule has 0 rings (SSSR count). The highest BCUT2D eigenvalue weighted by Crippen LogP contribution is 2.20. The molecular weight excluding hydrogens is 151 g/mol. The average molecular weight is 162 g/mol. The van der Waals surface area contributed by atoms with Gasteiger partial charge in [-0.15, -0.1) is 0 Å². The summed E-state index contributed by atoms with van der Waals surface area (Å²) in [7, 11) is -2.84. The SMILES string of the molecule is C=C(C)/C=C(\C)O[PH](=O)O. The van der Waals surface area contributed by atoms with Crippen LogP contribution in [0.5, 0.6) is 0 Å². The van der Waals surface area contributed by atoms with Gasteiger partial charge in [0.1, 0.15) is 5.76 Å². The van der Waals surface area contributed by atoms with Gasteiger partial charge < -0.3 is 9.42 Å². The molecule has 0 aromatic carbocycles. The lowest BCUT2D eigenvalue weighted by Gasteiger charge is -1.99. The van der Waals surface area contributed by atoms with Crippen molar-refractivity contribution in [2.45, 2.75) is 13.8 Å². The summed E-state index contributed by atoms with van der Waals surface area (Å²) in [5.74, 6) is 0.416. The topological polar surface area (TPSA) is 46.5 Å². The monoisotopic (exact) mass is 162 g/mol.